The predicted molar refractivity (Wildman–Crippen MR) is 85.5 cm³/mol. The summed E-state index contributed by atoms with van der Waals surface area (Å²) in [4.78, 5) is 0. The van der Waals surface area contributed by atoms with Crippen LogP contribution in [-0.2, 0) is 4.74 Å². The van der Waals surface area contributed by atoms with Crippen molar-refractivity contribution in [2.45, 2.75) is 50.9 Å². The van der Waals surface area contributed by atoms with Gasteiger partial charge in [-0.25, -0.2) is 0 Å². The summed E-state index contributed by atoms with van der Waals surface area (Å²) in [6, 6.07) is 1.92. The van der Waals surface area contributed by atoms with Gasteiger partial charge in [0.2, 0.25) is 0 Å². The van der Waals surface area contributed by atoms with Gasteiger partial charge in [0, 0.05) is 13.1 Å². The van der Waals surface area contributed by atoms with E-state index in [1.165, 1.54) is 12.8 Å². The van der Waals surface area contributed by atoms with Gasteiger partial charge < -0.3 is 20.3 Å². The van der Waals surface area contributed by atoms with Gasteiger partial charge in [-0.1, -0.05) is 19.8 Å². The summed E-state index contributed by atoms with van der Waals surface area (Å²) in [5.41, 5.74) is 0.925. The number of aliphatic hydroxyl groups excluding tert-OH is 2. The molecule has 4 nitrogen and oxygen atoms in total. The van der Waals surface area contributed by atoms with Crippen LogP contribution in [0.5, 0.6) is 0 Å². The molecule has 0 aliphatic heterocycles. The Kier molecular flexibility index (Phi) is 7.13. The van der Waals surface area contributed by atoms with E-state index in [1.54, 1.807) is 11.3 Å². The molecule has 1 fully saturated rings. The molecule has 5 heteroatoms. The molecule has 4 unspecified atom stereocenters. The standard InChI is InChI=1S/C16H27NO3S/c1-12-3-2-4-15(7-12)20-10-14(18)8-17-9-16(19)13-5-6-21-11-13/h5-6,11-12,14-19H,2-4,7-10H2,1H3. The van der Waals surface area contributed by atoms with Crippen molar-refractivity contribution in [2.75, 3.05) is 19.7 Å². The van der Waals surface area contributed by atoms with Gasteiger partial charge in [-0.05, 0) is 41.1 Å². The van der Waals surface area contributed by atoms with E-state index in [9.17, 15) is 10.2 Å². The van der Waals surface area contributed by atoms with Crippen molar-refractivity contribution in [1.82, 2.24) is 5.32 Å². The third-order valence-electron chi connectivity index (χ3n) is 4.06. The van der Waals surface area contributed by atoms with Gasteiger partial charge in [-0.15, -0.1) is 0 Å². The topological polar surface area (TPSA) is 61.7 Å². The molecule has 1 saturated carbocycles. The maximum absolute atomic E-state index is 9.92. The highest BCUT2D eigenvalue weighted by molar-refractivity contribution is 7.07. The first-order chi connectivity index (χ1) is 10.1. The van der Waals surface area contributed by atoms with Gasteiger partial charge in [0.25, 0.3) is 0 Å². The second-order valence-electron chi connectivity index (χ2n) is 6.11. The lowest BCUT2D eigenvalue weighted by molar-refractivity contribution is -0.0311. The Hall–Kier alpha value is -0.460. The van der Waals surface area contributed by atoms with Crippen LogP contribution in [0.25, 0.3) is 0 Å². The van der Waals surface area contributed by atoms with Crippen LogP contribution in [0.2, 0.25) is 0 Å². The summed E-state index contributed by atoms with van der Waals surface area (Å²) in [6.07, 6.45) is 4.02. The lowest BCUT2D eigenvalue weighted by atomic mass is 9.89. The summed E-state index contributed by atoms with van der Waals surface area (Å²) in [6.45, 7) is 3.54. The molecule has 0 amide bonds. The molecule has 1 aromatic heterocycles. The highest BCUT2D eigenvalue weighted by atomic mass is 32.1. The number of hydrogen-bond donors (Lipinski definition) is 3. The van der Waals surface area contributed by atoms with Crippen LogP contribution >= 0.6 is 11.3 Å². The van der Waals surface area contributed by atoms with E-state index in [-0.39, 0.29) is 0 Å². The van der Waals surface area contributed by atoms with Crippen LogP contribution in [0.1, 0.15) is 44.3 Å². The first kappa shape index (κ1) is 16.9. The van der Waals surface area contributed by atoms with Crippen LogP contribution < -0.4 is 5.32 Å². The molecule has 1 heterocycles. The smallest absolute Gasteiger partial charge is 0.0922 e. The molecule has 1 aliphatic carbocycles. The van der Waals surface area contributed by atoms with Gasteiger partial charge in [0.15, 0.2) is 0 Å². The quantitative estimate of drug-likeness (QED) is 0.689. The van der Waals surface area contributed by atoms with Crippen molar-refractivity contribution < 1.29 is 14.9 Å². The molecule has 0 saturated heterocycles. The largest absolute Gasteiger partial charge is 0.389 e. The minimum Gasteiger partial charge on any atom is -0.389 e. The molecular weight excluding hydrogens is 286 g/mol. The van der Waals surface area contributed by atoms with Gasteiger partial charge in [0.05, 0.1) is 24.9 Å². The fraction of sp³-hybridized carbons (Fsp3) is 0.750. The van der Waals surface area contributed by atoms with Gasteiger partial charge in [-0.3, -0.25) is 0 Å². The number of hydrogen-bond acceptors (Lipinski definition) is 5. The molecular formula is C16H27NO3S. The van der Waals surface area contributed by atoms with Crippen LogP contribution in [0.3, 0.4) is 0 Å². The summed E-state index contributed by atoms with van der Waals surface area (Å²) < 4.78 is 5.79. The van der Waals surface area contributed by atoms with Crippen molar-refractivity contribution in [3.63, 3.8) is 0 Å². The molecule has 0 radical (unpaired) electrons. The second-order valence-corrected chi connectivity index (χ2v) is 6.89. The summed E-state index contributed by atoms with van der Waals surface area (Å²) in [5, 5.41) is 26.8. The Morgan fingerprint density at radius 1 is 1.38 bits per heavy atom. The van der Waals surface area contributed by atoms with E-state index in [1.807, 2.05) is 16.8 Å². The molecule has 3 N–H and O–H groups in total. The Bertz CT molecular complexity index is 385. The zero-order valence-electron chi connectivity index (χ0n) is 12.7. The summed E-state index contributed by atoms with van der Waals surface area (Å²) in [7, 11) is 0. The van der Waals surface area contributed by atoms with Gasteiger partial charge in [-0.2, -0.15) is 11.3 Å². The fourth-order valence-electron chi connectivity index (χ4n) is 2.81. The van der Waals surface area contributed by atoms with Crippen molar-refractivity contribution in [3.8, 4) is 0 Å². The number of thiophene rings is 1. The van der Waals surface area contributed by atoms with E-state index in [4.69, 9.17) is 4.74 Å². The van der Waals surface area contributed by atoms with E-state index < -0.39 is 12.2 Å². The minimum absolute atomic E-state index is 0.305. The molecule has 1 aromatic rings. The Labute approximate surface area is 131 Å². The fourth-order valence-corrected chi connectivity index (χ4v) is 3.51. The van der Waals surface area contributed by atoms with Crippen molar-refractivity contribution in [1.29, 1.82) is 0 Å². The third-order valence-corrected chi connectivity index (χ3v) is 4.76. The predicted octanol–water partition coefficient (Wildman–Crippen LogP) is 2.33. The maximum atomic E-state index is 9.92. The Balaban J connectivity index is 1.56. The van der Waals surface area contributed by atoms with Crippen molar-refractivity contribution in [3.05, 3.63) is 22.4 Å². The molecule has 0 aromatic carbocycles. The third kappa shape index (κ3) is 6.04. The first-order valence-electron chi connectivity index (χ1n) is 7.85. The minimum atomic E-state index is -0.517. The zero-order chi connectivity index (χ0) is 15.1. The lowest BCUT2D eigenvalue weighted by Gasteiger charge is -2.27. The average Bonchev–Trinajstić information content (AvgIpc) is 2.99. The SMILES string of the molecule is CC1CCCC(OCC(O)CNCC(O)c2ccsc2)C1. The molecule has 120 valence electrons. The number of nitrogens with one attached hydrogen (secondary N) is 1. The lowest BCUT2D eigenvalue weighted by Crippen LogP contribution is -2.34. The number of rotatable bonds is 8. The average molecular weight is 313 g/mol. The summed E-state index contributed by atoms with van der Waals surface area (Å²) in [5.74, 6) is 0.736. The monoisotopic (exact) mass is 313 g/mol. The molecule has 4 atom stereocenters. The van der Waals surface area contributed by atoms with E-state index >= 15 is 0 Å². The molecule has 1 aliphatic rings. The molecule has 21 heavy (non-hydrogen) atoms. The summed E-state index contributed by atoms with van der Waals surface area (Å²) >= 11 is 1.57. The number of aliphatic hydroxyl groups is 2. The zero-order valence-corrected chi connectivity index (χ0v) is 13.5. The molecule has 0 bridgehead atoms. The van der Waals surface area contributed by atoms with E-state index in [0.717, 1.165) is 24.3 Å². The van der Waals surface area contributed by atoms with E-state index in [2.05, 4.69) is 12.2 Å². The Morgan fingerprint density at radius 2 is 2.24 bits per heavy atom. The van der Waals surface area contributed by atoms with Gasteiger partial charge >= 0.3 is 0 Å². The van der Waals surface area contributed by atoms with Crippen molar-refractivity contribution in [2.24, 2.45) is 5.92 Å². The maximum Gasteiger partial charge on any atom is 0.0922 e. The van der Waals surface area contributed by atoms with Crippen LogP contribution in [0.15, 0.2) is 16.8 Å². The highest BCUT2D eigenvalue weighted by Gasteiger charge is 2.20. The van der Waals surface area contributed by atoms with Gasteiger partial charge in [0.1, 0.15) is 0 Å². The van der Waals surface area contributed by atoms with Crippen LogP contribution in [-0.4, -0.2) is 42.1 Å². The molecule has 0 spiro atoms. The Morgan fingerprint density at radius 3 is 2.95 bits per heavy atom. The van der Waals surface area contributed by atoms with Crippen LogP contribution in [0, 0.1) is 5.92 Å². The van der Waals surface area contributed by atoms with E-state index in [0.29, 0.717) is 25.8 Å². The van der Waals surface area contributed by atoms with Crippen LogP contribution in [0.4, 0.5) is 0 Å². The van der Waals surface area contributed by atoms with Crippen molar-refractivity contribution >= 4 is 11.3 Å². The normalized spacial score (nSPS) is 25.7. The second kappa shape index (κ2) is 8.86. The number of ether oxygens (including phenoxy) is 1. The molecule has 2 rings (SSSR count). The first-order valence-corrected chi connectivity index (χ1v) is 8.80. The highest BCUT2D eigenvalue weighted by Crippen LogP contribution is 2.25.